The molecule has 0 unspecified atom stereocenters. The third kappa shape index (κ3) is 4.44. The summed E-state index contributed by atoms with van der Waals surface area (Å²) >= 11 is 0. The predicted molar refractivity (Wildman–Crippen MR) is 89.2 cm³/mol. The number of hydrogen-bond acceptors (Lipinski definition) is 4. The molecule has 1 amide bonds. The van der Waals surface area contributed by atoms with Crippen LogP contribution in [-0.2, 0) is 6.42 Å². The molecule has 0 aromatic carbocycles. The average Bonchev–Trinajstić information content (AvgIpc) is 3.01. The Labute approximate surface area is 138 Å². The lowest BCUT2D eigenvalue weighted by molar-refractivity contribution is 0.0278. The molecule has 5 nitrogen and oxygen atoms in total. The van der Waals surface area contributed by atoms with Crippen LogP contribution in [0.15, 0.2) is 22.2 Å². The maximum absolute atomic E-state index is 12.7. The summed E-state index contributed by atoms with van der Waals surface area (Å²) in [5, 5.41) is 13.8. The van der Waals surface area contributed by atoms with Gasteiger partial charge in [0.1, 0.15) is 5.76 Å². The van der Waals surface area contributed by atoms with E-state index in [1.54, 1.807) is 6.07 Å². The minimum absolute atomic E-state index is 0.0918. The number of aliphatic hydroxyl groups excluding tert-OH is 1. The van der Waals surface area contributed by atoms with Crippen LogP contribution in [0.1, 0.15) is 62.7 Å². The average molecular weight is 320 g/mol. The van der Waals surface area contributed by atoms with Crippen molar-refractivity contribution in [2.45, 2.75) is 52.9 Å². The molecule has 2 heterocycles. The first kappa shape index (κ1) is 17.7. The summed E-state index contributed by atoms with van der Waals surface area (Å²) in [6.45, 7) is 7.56. The van der Waals surface area contributed by atoms with Crippen LogP contribution < -0.4 is 0 Å². The summed E-state index contributed by atoms with van der Waals surface area (Å²) in [6, 6.07) is 1.75. The highest BCUT2D eigenvalue weighted by Gasteiger charge is 2.36. The van der Waals surface area contributed by atoms with Gasteiger partial charge in [-0.1, -0.05) is 23.7 Å². The van der Waals surface area contributed by atoms with Crippen LogP contribution in [0.4, 0.5) is 0 Å². The zero-order valence-electron chi connectivity index (χ0n) is 14.5. The van der Waals surface area contributed by atoms with Gasteiger partial charge < -0.3 is 14.5 Å². The maximum Gasteiger partial charge on any atom is 0.276 e. The third-order valence-electron chi connectivity index (χ3n) is 4.50. The van der Waals surface area contributed by atoms with Crippen molar-refractivity contribution in [2.75, 3.05) is 19.7 Å². The molecule has 1 atom stereocenters. The van der Waals surface area contributed by atoms with Crippen molar-refractivity contribution in [3.05, 3.63) is 29.2 Å². The van der Waals surface area contributed by atoms with E-state index >= 15 is 0 Å². The smallest absolute Gasteiger partial charge is 0.276 e. The Kier molecular flexibility index (Phi) is 5.99. The molecule has 23 heavy (non-hydrogen) atoms. The van der Waals surface area contributed by atoms with Gasteiger partial charge in [0.15, 0.2) is 5.69 Å². The lowest BCUT2D eigenvalue weighted by Crippen LogP contribution is -2.47. The molecule has 0 spiro atoms. The van der Waals surface area contributed by atoms with Gasteiger partial charge in [-0.25, -0.2) is 0 Å². The van der Waals surface area contributed by atoms with Gasteiger partial charge in [0.2, 0.25) is 0 Å². The molecule has 0 radical (unpaired) electrons. The molecule has 0 saturated carbocycles. The first-order valence-electron chi connectivity index (χ1n) is 8.49. The lowest BCUT2D eigenvalue weighted by atomic mass is 9.77. The van der Waals surface area contributed by atoms with E-state index in [1.807, 2.05) is 4.90 Å². The van der Waals surface area contributed by atoms with Gasteiger partial charge in [-0.3, -0.25) is 4.79 Å². The van der Waals surface area contributed by atoms with Gasteiger partial charge >= 0.3 is 0 Å². The fraction of sp³-hybridized carbons (Fsp3) is 0.667. The Hall–Kier alpha value is -1.62. The molecular formula is C18H28N2O3. The molecule has 0 bridgehead atoms. The summed E-state index contributed by atoms with van der Waals surface area (Å²) in [5.41, 5.74) is 1.38. The number of piperidine rings is 1. The Balaban J connectivity index is 2.09. The van der Waals surface area contributed by atoms with Crippen molar-refractivity contribution in [1.82, 2.24) is 10.1 Å². The standard InChI is InChI=1S/C18H28N2O3/c1-4-6-15-11-16(19-23-15)17(22)20-10-5-8-18(12-20,13-21)9-7-14(2)3/h7,11,21H,4-6,8-10,12-13H2,1-3H3/t18-/m1/s1. The number of aryl methyl sites for hydroxylation is 1. The van der Waals surface area contributed by atoms with Crippen molar-refractivity contribution >= 4 is 5.91 Å². The highest BCUT2D eigenvalue weighted by molar-refractivity contribution is 5.92. The normalized spacial score (nSPS) is 21.3. The van der Waals surface area contributed by atoms with Crippen LogP contribution >= 0.6 is 0 Å². The topological polar surface area (TPSA) is 66.6 Å². The lowest BCUT2D eigenvalue weighted by Gasteiger charge is -2.41. The van der Waals surface area contributed by atoms with Crippen molar-refractivity contribution in [3.8, 4) is 0 Å². The fourth-order valence-electron chi connectivity index (χ4n) is 3.10. The predicted octanol–water partition coefficient (Wildman–Crippen LogP) is 3.20. The summed E-state index contributed by atoms with van der Waals surface area (Å²) in [5.74, 6) is 0.664. The van der Waals surface area contributed by atoms with Crippen LogP contribution in [0.5, 0.6) is 0 Å². The number of allylic oxidation sites excluding steroid dienone is 2. The van der Waals surface area contributed by atoms with E-state index in [0.29, 0.717) is 18.8 Å². The Morgan fingerprint density at radius 3 is 2.96 bits per heavy atom. The number of hydrogen-bond donors (Lipinski definition) is 1. The van der Waals surface area contributed by atoms with Crippen LogP contribution in [0.2, 0.25) is 0 Å². The second-order valence-corrected chi connectivity index (χ2v) is 6.90. The van der Waals surface area contributed by atoms with E-state index in [2.05, 4.69) is 32.0 Å². The second kappa shape index (κ2) is 7.77. The number of carbonyl (C=O) groups excluding carboxylic acids is 1. The van der Waals surface area contributed by atoms with Gasteiger partial charge in [0.05, 0.1) is 6.61 Å². The van der Waals surface area contributed by atoms with Gasteiger partial charge in [0, 0.05) is 31.0 Å². The highest BCUT2D eigenvalue weighted by Crippen LogP contribution is 2.34. The zero-order valence-corrected chi connectivity index (χ0v) is 14.5. The molecule has 1 aliphatic heterocycles. The molecular weight excluding hydrogens is 292 g/mol. The van der Waals surface area contributed by atoms with Gasteiger partial charge in [-0.2, -0.15) is 0 Å². The summed E-state index contributed by atoms with van der Waals surface area (Å²) in [7, 11) is 0. The Morgan fingerprint density at radius 2 is 2.30 bits per heavy atom. The van der Waals surface area contributed by atoms with E-state index in [9.17, 15) is 9.90 Å². The number of aromatic nitrogens is 1. The Bertz CT molecular complexity index is 560. The second-order valence-electron chi connectivity index (χ2n) is 6.90. The number of rotatable bonds is 6. The molecule has 1 fully saturated rings. The van der Waals surface area contributed by atoms with Crippen LogP contribution in [0.25, 0.3) is 0 Å². The van der Waals surface area contributed by atoms with Gasteiger partial charge in [-0.05, 0) is 39.5 Å². The van der Waals surface area contributed by atoms with Crippen LogP contribution in [0.3, 0.4) is 0 Å². The molecule has 5 heteroatoms. The molecule has 128 valence electrons. The number of likely N-dealkylation sites (tertiary alicyclic amines) is 1. The number of aliphatic hydroxyl groups is 1. The zero-order chi connectivity index (χ0) is 16.9. The first-order chi connectivity index (χ1) is 11.0. The largest absolute Gasteiger partial charge is 0.396 e. The van der Waals surface area contributed by atoms with E-state index in [1.165, 1.54) is 5.57 Å². The van der Waals surface area contributed by atoms with Gasteiger partial charge in [0.25, 0.3) is 5.91 Å². The van der Waals surface area contributed by atoms with Crippen molar-refractivity contribution < 1.29 is 14.4 Å². The van der Waals surface area contributed by atoms with Crippen LogP contribution in [-0.4, -0.2) is 40.8 Å². The summed E-state index contributed by atoms with van der Waals surface area (Å²) < 4.78 is 5.22. The first-order valence-corrected chi connectivity index (χ1v) is 8.49. The maximum atomic E-state index is 12.7. The molecule has 1 N–H and O–H groups in total. The monoisotopic (exact) mass is 320 g/mol. The SMILES string of the molecule is CCCc1cc(C(=O)N2CCC[C@@](CO)(CC=C(C)C)C2)no1. The van der Waals surface area contributed by atoms with Crippen LogP contribution in [0, 0.1) is 5.41 Å². The summed E-state index contributed by atoms with van der Waals surface area (Å²) in [6.07, 6.45) is 6.55. The molecule has 1 aromatic rings. The van der Waals surface area contributed by atoms with Crippen molar-refractivity contribution in [2.24, 2.45) is 5.41 Å². The number of nitrogens with zero attached hydrogens (tertiary/aromatic N) is 2. The number of amides is 1. The quantitative estimate of drug-likeness (QED) is 0.817. The minimum Gasteiger partial charge on any atom is -0.396 e. The third-order valence-corrected chi connectivity index (χ3v) is 4.50. The van der Waals surface area contributed by atoms with E-state index in [0.717, 1.165) is 37.9 Å². The van der Waals surface area contributed by atoms with E-state index in [4.69, 9.17) is 4.52 Å². The minimum atomic E-state index is -0.235. The summed E-state index contributed by atoms with van der Waals surface area (Å²) in [4.78, 5) is 14.5. The highest BCUT2D eigenvalue weighted by atomic mass is 16.5. The van der Waals surface area contributed by atoms with Gasteiger partial charge in [-0.15, -0.1) is 0 Å². The molecule has 1 aliphatic rings. The molecule has 1 aromatic heterocycles. The molecule has 1 saturated heterocycles. The van der Waals surface area contributed by atoms with Crippen molar-refractivity contribution in [1.29, 1.82) is 0 Å². The molecule has 2 rings (SSSR count). The molecule has 0 aliphatic carbocycles. The van der Waals surface area contributed by atoms with Crippen molar-refractivity contribution in [3.63, 3.8) is 0 Å². The van der Waals surface area contributed by atoms with E-state index in [-0.39, 0.29) is 17.9 Å². The number of carbonyl (C=O) groups is 1. The van der Waals surface area contributed by atoms with E-state index < -0.39 is 0 Å². The Morgan fingerprint density at radius 1 is 1.52 bits per heavy atom. The fourth-order valence-corrected chi connectivity index (χ4v) is 3.10.